The minimum absolute atomic E-state index is 0.106. The van der Waals surface area contributed by atoms with Crippen molar-refractivity contribution in [1.29, 1.82) is 0 Å². The van der Waals surface area contributed by atoms with Crippen molar-refractivity contribution in [3.05, 3.63) is 23.4 Å². The first kappa shape index (κ1) is 21.0. The molecule has 27 heavy (non-hydrogen) atoms. The van der Waals surface area contributed by atoms with Crippen LogP contribution in [0.3, 0.4) is 0 Å². The van der Waals surface area contributed by atoms with Gasteiger partial charge in [0.15, 0.2) is 5.82 Å². The monoisotopic (exact) mass is 410 g/mol. The van der Waals surface area contributed by atoms with E-state index in [4.69, 9.17) is 11.6 Å². The molecular formula is C15H16ClF5N6. The fraction of sp³-hybridized carbons (Fsp3) is 0.467. The number of anilines is 2. The minimum atomic E-state index is -4.56. The molecule has 0 spiro atoms. The molecule has 0 aliphatic heterocycles. The molecule has 0 aliphatic rings. The van der Waals surface area contributed by atoms with E-state index >= 15 is 0 Å². The molecule has 2 N–H and O–H groups in total. The van der Waals surface area contributed by atoms with E-state index < -0.39 is 30.1 Å². The van der Waals surface area contributed by atoms with Gasteiger partial charge >= 0.3 is 6.18 Å². The van der Waals surface area contributed by atoms with Crippen LogP contribution in [0.15, 0.2) is 18.2 Å². The highest BCUT2D eigenvalue weighted by Crippen LogP contribution is 2.25. The van der Waals surface area contributed by atoms with Crippen LogP contribution in [-0.2, 0) is 0 Å². The van der Waals surface area contributed by atoms with Crippen LogP contribution in [0.1, 0.15) is 20.8 Å². The standard InChI is InChI=1S/C15H16ClF5N6/c1-7(14(3,17)18)22-12-25-11(9-5-4-6-10(16)24-9)26-13(27-12)23-8(2)15(19,20)21/h4-8H,1-3H3,(H2,22,23,25,26,27)/t7-,8-/m1/s1. The Hall–Kier alpha value is -2.30. The van der Waals surface area contributed by atoms with Crippen LogP contribution in [0.25, 0.3) is 11.5 Å². The van der Waals surface area contributed by atoms with Gasteiger partial charge in [0.2, 0.25) is 11.9 Å². The predicted molar refractivity (Wildman–Crippen MR) is 90.9 cm³/mol. The molecule has 2 atom stereocenters. The number of hydrogen-bond donors (Lipinski definition) is 2. The molecule has 0 bridgehead atoms. The summed E-state index contributed by atoms with van der Waals surface area (Å²) in [5.41, 5.74) is 0.145. The molecular weight excluding hydrogens is 395 g/mol. The maximum absolute atomic E-state index is 13.4. The lowest BCUT2D eigenvalue weighted by Crippen LogP contribution is -2.36. The summed E-state index contributed by atoms with van der Waals surface area (Å²) in [6.07, 6.45) is -4.56. The van der Waals surface area contributed by atoms with Crippen LogP contribution >= 0.6 is 11.6 Å². The van der Waals surface area contributed by atoms with Gasteiger partial charge in [-0.1, -0.05) is 17.7 Å². The van der Waals surface area contributed by atoms with Crippen molar-refractivity contribution in [2.45, 2.75) is 45.0 Å². The molecule has 2 aromatic heterocycles. The van der Waals surface area contributed by atoms with Crippen molar-refractivity contribution in [3.8, 4) is 11.5 Å². The summed E-state index contributed by atoms with van der Waals surface area (Å²) in [4.78, 5) is 15.6. The van der Waals surface area contributed by atoms with Crippen molar-refractivity contribution in [3.63, 3.8) is 0 Å². The van der Waals surface area contributed by atoms with Crippen LogP contribution in [0.4, 0.5) is 33.8 Å². The molecule has 0 fully saturated rings. The number of alkyl halides is 5. The van der Waals surface area contributed by atoms with Crippen LogP contribution in [0.2, 0.25) is 5.15 Å². The van der Waals surface area contributed by atoms with Gasteiger partial charge in [0.05, 0.1) is 6.04 Å². The van der Waals surface area contributed by atoms with Crippen molar-refractivity contribution in [2.24, 2.45) is 0 Å². The van der Waals surface area contributed by atoms with E-state index in [2.05, 4.69) is 30.6 Å². The first-order valence-electron chi connectivity index (χ1n) is 7.73. The number of aromatic nitrogens is 4. The van der Waals surface area contributed by atoms with E-state index in [0.717, 1.165) is 6.92 Å². The SMILES string of the molecule is C[C@@H](Nc1nc(N[C@H](C)C(F)(F)F)nc(-c2cccc(Cl)n2)n1)C(C)(F)F. The summed E-state index contributed by atoms with van der Waals surface area (Å²) >= 11 is 5.80. The van der Waals surface area contributed by atoms with Crippen molar-refractivity contribution in [2.75, 3.05) is 10.6 Å². The molecule has 0 saturated carbocycles. The average Bonchev–Trinajstić information content (AvgIpc) is 2.52. The van der Waals surface area contributed by atoms with E-state index in [1.807, 2.05) is 0 Å². The highest BCUT2D eigenvalue weighted by atomic mass is 35.5. The third-order valence-electron chi connectivity index (χ3n) is 3.52. The number of pyridine rings is 1. The average molecular weight is 411 g/mol. The van der Waals surface area contributed by atoms with Gasteiger partial charge in [0, 0.05) is 6.92 Å². The zero-order valence-electron chi connectivity index (χ0n) is 14.4. The van der Waals surface area contributed by atoms with E-state index in [0.29, 0.717) is 6.92 Å². The molecule has 0 unspecified atom stereocenters. The summed E-state index contributed by atoms with van der Waals surface area (Å²) in [5.74, 6) is -4.01. The number of rotatable bonds is 6. The van der Waals surface area contributed by atoms with Gasteiger partial charge in [-0.05, 0) is 26.0 Å². The topological polar surface area (TPSA) is 75.6 Å². The van der Waals surface area contributed by atoms with Gasteiger partial charge in [0.1, 0.15) is 16.9 Å². The molecule has 0 amide bonds. The molecule has 0 saturated heterocycles. The molecule has 0 aromatic carbocycles. The normalized spacial score (nSPS) is 14.6. The third kappa shape index (κ3) is 5.84. The smallest absolute Gasteiger partial charge is 0.346 e. The largest absolute Gasteiger partial charge is 0.408 e. The maximum Gasteiger partial charge on any atom is 0.408 e. The Bertz CT molecular complexity index is 755. The molecule has 6 nitrogen and oxygen atoms in total. The Balaban J connectivity index is 2.44. The molecule has 2 rings (SSSR count). The lowest BCUT2D eigenvalue weighted by atomic mass is 10.2. The summed E-state index contributed by atoms with van der Waals surface area (Å²) in [6, 6.07) is 1.14. The minimum Gasteiger partial charge on any atom is -0.346 e. The molecule has 2 aromatic rings. The van der Waals surface area contributed by atoms with Crippen LogP contribution in [0, 0.1) is 0 Å². The first-order chi connectivity index (χ1) is 12.4. The Labute approximate surface area is 156 Å². The van der Waals surface area contributed by atoms with Crippen molar-refractivity contribution >= 4 is 23.5 Å². The van der Waals surface area contributed by atoms with Gasteiger partial charge in [-0.3, -0.25) is 0 Å². The lowest BCUT2D eigenvalue weighted by molar-refractivity contribution is -0.138. The summed E-state index contributed by atoms with van der Waals surface area (Å²) in [6.45, 7) is 2.75. The quantitative estimate of drug-likeness (QED) is 0.543. The van der Waals surface area contributed by atoms with E-state index in [-0.39, 0.29) is 22.6 Å². The van der Waals surface area contributed by atoms with Gasteiger partial charge in [-0.15, -0.1) is 0 Å². The van der Waals surface area contributed by atoms with Crippen LogP contribution < -0.4 is 10.6 Å². The van der Waals surface area contributed by atoms with Crippen LogP contribution in [-0.4, -0.2) is 44.1 Å². The van der Waals surface area contributed by atoms with Gasteiger partial charge < -0.3 is 10.6 Å². The van der Waals surface area contributed by atoms with Crippen molar-refractivity contribution in [1.82, 2.24) is 19.9 Å². The Morgan fingerprint density at radius 3 is 1.93 bits per heavy atom. The highest BCUT2D eigenvalue weighted by Gasteiger charge is 2.37. The summed E-state index contributed by atoms with van der Waals surface area (Å²) in [5, 5.41) is 4.55. The lowest BCUT2D eigenvalue weighted by Gasteiger charge is -2.21. The van der Waals surface area contributed by atoms with E-state index in [1.54, 1.807) is 0 Å². The second-order valence-corrected chi connectivity index (χ2v) is 6.27. The maximum atomic E-state index is 13.4. The number of nitrogens with one attached hydrogen (secondary N) is 2. The second-order valence-electron chi connectivity index (χ2n) is 5.88. The van der Waals surface area contributed by atoms with E-state index in [1.165, 1.54) is 25.1 Å². The summed E-state index contributed by atoms with van der Waals surface area (Å²) in [7, 11) is 0. The second kappa shape index (κ2) is 7.75. The number of halogens is 6. The zero-order chi connectivity index (χ0) is 20.4. The number of nitrogens with zero attached hydrogens (tertiary/aromatic N) is 4. The Morgan fingerprint density at radius 1 is 0.889 bits per heavy atom. The predicted octanol–water partition coefficient (Wildman–Crippen LogP) is 4.41. The van der Waals surface area contributed by atoms with Gasteiger partial charge in [-0.2, -0.15) is 28.1 Å². The molecule has 0 radical (unpaired) electrons. The Kier molecular flexibility index (Phi) is 6.03. The zero-order valence-corrected chi connectivity index (χ0v) is 15.2. The highest BCUT2D eigenvalue weighted by molar-refractivity contribution is 6.29. The first-order valence-corrected chi connectivity index (χ1v) is 8.10. The van der Waals surface area contributed by atoms with Gasteiger partial charge in [0.25, 0.3) is 5.92 Å². The third-order valence-corrected chi connectivity index (χ3v) is 3.73. The van der Waals surface area contributed by atoms with E-state index in [9.17, 15) is 22.0 Å². The fourth-order valence-corrected chi connectivity index (χ4v) is 1.91. The molecule has 2 heterocycles. The fourth-order valence-electron chi connectivity index (χ4n) is 1.75. The summed E-state index contributed by atoms with van der Waals surface area (Å²) < 4.78 is 65.2. The van der Waals surface area contributed by atoms with Gasteiger partial charge in [-0.25, -0.2) is 13.8 Å². The number of hydrogen-bond acceptors (Lipinski definition) is 6. The molecule has 12 heteroatoms. The van der Waals surface area contributed by atoms with Crippen LogP contribution in [0.5, 0.6) is 0 Å². The molecule has 0 aliphatic carbocycles. The molecule has 148 valence electrons. The van der Waals surface area contributed by atoms with Crippen molar-refractivity contribution < 1.29 is 22.0 Å². The Morgan fingerprint density at radius 2 is 1.44 bits per heavy atom.